The Balaban J connectivity index is 1.73. The molecule has 0 amide bonds. The maximum Gasteiger partial charge on any atom is 0.272 e. The Bertz CT molecular complexity index is 546. The normalized spacial score (nSPS) is 29.3. The Morgan fingerprint density at radius 3 is 2.90 bits per heavy atom. The largest absolute Gasteiger partial charge is 0.327 e. The Hall–Kier alpha value is -1.46. The molecule has 5 heteroatoms. The lowest BCUT2D eigenvalue weighted by molar-refractivity contribution is -0.385. The van der Waals surface area contributed by atoms with Gasteiger partial charge in [-0.1, -0.05) is 18.6 Å². The number of fused-ring (bicyclic) bond motifs is 1. The van der Waals surface area contributed by atoms with Crippen LogP contribution in [0.2, 0.25) is 0 Å². The van der Waals surface area contributed by atoms with Crippen molar-refractivity contribution >= 4 is 5.69 Å². The first-order chi connectivity index (χ1) is 10.1. The van der Waals surface area contributed by atoms with Crippen LogP contribution < -0.4 is 5.73 Å². The molecule has 0 radical (unpaired) electrons. The van der Waals surface area contributed by atoms with E-state index in [9.17, 15) is 10.1 Å². The molecule has 3 atom stereocenters. The van der Waals surface area contributed by atoms with Crippen LogP contribution in [0, 0.1) is 28.9 Å². The number of nitrogens with two attached hydrogens (primary N) is 1. The molecule has 1 aliphatic carbocycles. The Kier molecular flexibility index (Phi) is 3.95. The molecule has 0 spiro atoms. The van der Waals surface area contributed by atoms with Crippen LogP contribution in [0.3, 0.4) is 0 Å². The lowest BCUT2D eigenvalue weighted by Crippen LogP contribution is -2.38. The summed E-state index contributed by atoms with van der Waals surface area (Å²) >= 11 is 0. The smallest absolute Gasteiger partial charge is 0.272 e. The average molecular weight is 289 g/mol. The van der Waals surface area contributed by atoms with Crippen LogP contribution >= 0.6 is 0 Å². The molecular weight excluding hydrogens is 266 g/mol. The summed E-state index contributed by atoms with van der Waals surface area (Å²) in [6.07, 6.45) is 3.67. The lowest BCUT2D eigenvalue weighted by Gasteiger charge is -2.29. The zero-order valence-electron chi connectivity index (χ0n) is 12.5. The number of hydrogen-bond donors (Lipinski definition) is 1. The zero-order chi connectivity index (χ0) is 15.0. The molecule has 1 aromatic rings. The standard InChI is InChI=1S/C16H23N3O2/c1-11-12(4-3-7-16(11)19(20)21)8-18-9-13-5-2-6-15(17)14(13)10-18/h3-4,7,13-15H,2,5-6,8-10,17H2,1H3. The maximum atomic E-state index is 11.0. The third kappa shape index (κ3) is 2.80. The molecule has 1 saturated heterocycles. The predicted molar refractivity (Wildman–Crippen MR) is 81.9 cm³/mol. The summed E-state index contributed by atoms with van der Waals surface area (Å²) in [6, 6.07) is 5.71. The summed E-state index contributed by atoms with van der Waals surface area (Å²) < 4.78 is 0. The van der Waals surface area contributed by atoms with Crippen LogP contribution in [0.4, 0.5) is 5.69 Å². The van der Waals surface area contributed by atoms with E-state index < -0.39 is 0 Å². The lowest BCUT2D eigenvalue weighted by atomic mass is 9.78. The zero-order valence-corrected chi connectivity index (χ0v) is 12.5. The molecule has 1 aromatic carbocycles. The molecular formula is C16H23N3O2. The molecule has 21 heavy (non-hydrogen) atoms. The molecule has 2 fully saturated rings. The fourth-order valence-electron chi connectivity index (χ4n) is 4.02. The highest BCUT2D eigenvalue weighted by atomic mass is 16.6. The number of rotatable bonds is 3. The van der Waals surface area contributed by atoms with Gasteiger partial charge in [0.05, 0.1) is 4.92 Å². The maximum absolute atomic E-state index is 11.0. The van der Waals surface area contributed by atoms with Crippen LogP contribution in [0.15, 0.2) is 18.2 Å². The highest BCUT2D eigenvalue weighted by Gasteiger charge is 2.38. The van der Waals surface area contributed by atoms with E-state index in [1.54, 1.807) is 12.1 Å². The third-order valence-corrected chi connectivity index (χ3v) is 5.24. The molecule has 0 bridgehead atoms. The second kappa shape index (κ2) is 5.73. The number of benzene rings is 1. The first-order valence-corrected chi connectivity index (χ1v) is 7.77. The molecule has 3 unspecified atom stereocenters. The van der Waals surface area contributed by atoms with Crippen molar-refractivity contribution in [3.05, 3.63) is 39.4 Å². The minimum atomic E-state index is -0.293. The molecule has 2 N–H and O–H groups in total. The van der Waals surface area contributed by atoms with E-state index in [0.29, 0.717) is 17.9 Å². The van der Waals surface area contributed by atoms with Gasteiger partial charge in [-0.25, -0.2) is 0 Å². The molecule has 0 aromatic heterocycles. The van der Waals surface area contributed by atoms with Gasteiger partial charge in [0.1, 0.15) is 0 Å². The van der Waals surface area contributed by atoms with E-state index in [1.165, 1.54) is 12.8 Å². The summed E-state index contributed by atoms with van der Waals surface area (Å²) in [6.45, 7) is 4.77. The minimum absolute atomic E-state index is 0.223. The highest BCUT2D eigenvalue weighted by molar-refractivity contribution is 5.44. The fourth-order valence-corrected chi connectivity index (χ4v) is 4.02. The van der Waals surface area contributed by atoms with Gasteiger partial charge in [0.25, 0.3) is 5.69 Å². The van der Waals surface area contributed by atoms with Gasteiger partial charge < -0.3 is 5.73 Å². The van der Waals surface area contributed by atoms with Crippen molar-refractivity contribution in [1.29, 1.82) is 0 Å². The van der Waals surface area contributed by atoms with Gasteiger partial charge >= 0.3 is 0 Å². The van der Waals surface area contributed by atoms with Gasteiger partial charge in [-0.3, -0.25) is 15.0 Å². The summed E-state index contributed by atoms with van der Waals surface area (Å²) in [7, 11) is 0. The summed E-state index contributed by atoms with van der Waals surface area (Å²) in [4.78, 5) is 13.2. The van der Waals surface area contributed by atoms with E-state index in [1.807, 2.05) is 13.0 Å². The Labute approximate surface area is 125 Å². The van der Waals surface area contributed by atoms with Crippen LogP contribution in [0.1, 0.15) is 30.4 Å². The first kappa shape index (κ1) is 14.5. The van der Waals surface area contributed by atoms with Crippen LogP contribution in [-0.4, -0.2) is 29.0 Å². The molecule has 1 saturated carbocycles. The van der Waals surface area contributed by atoms with Gasteiger partial charge in [-0.2, -0.15) is 0 Å². The summed E-state index contributed by atoms with van der Waals surface area (Å²) in [5, 5.41) is 11.0. The second-order valence-electron chi connectivity index (χ2n) is 6.53. The number of nitro benzene ring substituents is 1. The van der Waals surface area contributed by atoms with Gasteiger partial charge in [-0.05, 0) is 37.2 Å². The molecule has 5 nitrogen and oxygen atoms in total. The average Bonchev–Trinajstić information content (AvgIpc) is 2.85. The van der Waals surface area contributed by atoms with Crippen molar-refractivity contribution in [3.63, 3.8) is 0 Å². The first-order valence-electron chi connectivity index (χ1n) is 7.77. The minimum Gasteiger partial charge on any atom is -0.327 e. The quantitative estimate of drug-likeness (QED) is 0.685. The topological polar surface area (TPSA) is 72.4 Å². The van der Waals surface area contributed by atoms with Crippen LogP contribution in [-0.2, 0) is 6.54 Å². The molecule has 1 heterocycles. The Morgan fingerprint density at radius 2 is 2.19 bits per heavy atom. The van der Waals surface area contributed by atoms with Crippen molar-refractivity contribution in [2.45, 2.75) is 38.8 Å². The molecule has 2 aliphatic rings. The summed E-state index contributed by atoms with van der Waals surface area (Å²) in [5.41, 5.74) is 8.34. The van der Waals surface area contributed by atoms with Crippen molar-refractivity contribution in [1.82, 2.24) is 4.90 Å². The second-order valence-corrected chi connectivity index (χ2v) is 6.53. The molecule has 114 valence electrons. The van der Waals surface area contributed by atoms with Gasteiger partial charge in [-0.15, -0.1) is 0 Å². The SMILES string of the molecule is Cc1c(CN2CC3CCCC(N)C3C2)cccc1[N+](=O)[O-]. The number of hydrogen-bond acceptors (Lipinski definition) is 4. The highest BCUT2D eigenvalue weighted by Crippen LogP contribution is 2.36. The van der Waals surface area contributed by atoms with E-state index >= 15 is 0 Å². The van der Waals surface area contributed by atoms with E-state index in [-0.39, 0.29) is 10.6 Å². The predicted octanol–water partition coefficient (Wildman–Crippen LogP) is 2.46. The van der Waals surface area contributed by atoms with Gasteiger partial charge in [0.2, 0.25) is 0 Å². The van der Waals surface area contributed by atoms with E-state index in [2.05, 4.69) is 4.90 Å². The van der Waals surface area contributed by atoms with Crippen LogP contribution in [0.25, 0.3) is 0 Å². The van der Waals surface area contributed by atoms with Crippen molar-refractivity contribution in [3.8, 4) is 0 Å². The number of nitro groups is 1. The van der Waals surface area contributed by atoms with Crippen LogP contribution in [0.5, 0.6) is 0 Å². The van der Waals surface area contributed by atoms with Gasteiger partial charge in [0.15, 0.2) is 0 Å². The van der Waals surface area contributed by atoms with Crippen molar-refractivity contribution < 1.29 is 4.92 Å². The van der Waals surface area contributed by atoms with E-state index in [0.717, 1.165) is 37.2 Å². The van der Waals surface area contributed by atoms with Crippen molar-refractivity contribution in [2.75, 3.05) is 13.1 Å². The third-order valence-electron chi connectivity index (χ3n) is 5.24. The van der Waals surface area contributed by atoms with E-state index in [4.69, 9.17) is 5.73 Å². The molecule has 1 aliphatic heterocycles. The Morgan fingerprint density at radius 1 is 1.38 bits per heavy atom. The number of likely N-dealkylation sites (tertiary alicyclic amines) is 1. The summed E-state index contributed by atoms with van der Waals surface area (Å²) in [5.74, 6) is 1.32. The fraction of sp³-hybridized carbons (Fsp3) is 0.625. The monoisotopic (exact) mass is 289 g/mol. The molecule has 3 rings (SSSR count). The van der Waals surface area contributed by atoms with Gasteiger partial charge in [0, 0.05) is 37.3 Å². The van der Waals surface area contributed by atoms with Crippen molar-refractivity contribution in [2.24, 2.45) is 17.6 Å². The number of nitrogens with zero attached hydrogens (tertiary/aromatic N) is 2.